The smallest absolute Gasteiger partial charge is 0.872 e. The molecule has 0 aliphatic heterocycles. The second-order valence-electron chi connectivity index (χ2n) is 13.5. The summed E-state index contributed by atoms with van der Waals surface area (Å²) in [5, 5.41) is 41.7. The first-order valence-corrected chi connectivity index (χ1v) is 19.4. The van der Waals surface area contributed by atoms with Crippen LogP contribution in [0.1, 0.15) is 200 Å². The Kier molecular flexibility index (Phi) is 30.2. The van der Waals surface area contributed by atoms with Gasteiger partial charge in [0.1, 0.15) is 11.3 Å². The zero-order chi connectivity index (χ0) is 35.2. The van der Waals surface area contributed by atoms with Gasteiger partial charge in [-0.05, 0) is 42.9 Å². The topological polar surface area (TPSA) is 121 Å². The van der Waals surface area contributed by atoms with Gasteiger partial charge in [-0.15, -0.1) is 0 Å². The Morgan fingerprint density at radius 2 is 0.857 bits per heavy atom. The average Bonchev–Trinajstić information content (AvgIpc) is 3.07. The van der Waals surface area contributed by atoms with Crippen LogP contribution < -0.4 is 10.2 Å². The average molecular weight is 691 g/mol. The van der Waals surface area contributed by atoms with Crippen LogP contribution in [-0.2, 0) is 12.8 Å². The van der Waals surface area contributed by atoms with E-state index in [1.165, 1.54) is 141 Å². The Bertz CT molecular complexity index is 1030. The van der Waals surface area contributed by atoms with E-state index < -0.39 is 11.9 Å². The Balaban J connectivity index is 0.000000922. The molecule has 272 valence electrons. The number of rotatable bonds is 28. The fourth-order valence-electron chi connectivity index (χ4n) is 6.22. The number of carbonyl (C=O) groups excluding carboxylic acids is 1. The number of para-hydroxylation sites is 2. The van der Waals surface area contributed by atoms with Crippen LogP contribution >= 0.6 is 0 Å². The molecule has 0 radical (unpaired) electrons. The standard InChI is InChI=1S/2C21H34O3.Mg/c2*1-2-3-4-5-6-7-8-9-10-11-12-13-15-18-16-14-17-19(20(18)22)21(23)24;/h2*14,16-17,22H,2-13,15H2,1H3,(H,23,24);/q;;+2/p-2. The van der Waals surface area contributed by atoms with Gasteiger partial charge in [0, 0.05) is 0 Å². The van der Waals surface area contributed by atoms with Crippen molar-refractivity contribution >= 4 is 35.0 Å². The van der Waals surface area contributed by atoms with Gasteiger partial charge in [-0.3, -0.25) is 0 Å². The Hall–Kier alpha value is -2.25. The zero-order valence-corrected chi connectivity index (χ0v) is 32.5. The number of benzene rings is 2. The molecule has 0 saturated heterocycles. The SMILES string of the molecule is CCCCCCCCCCCCCCc1cccc(C(=O)O)c1O.CCCCCCCCCCCCCCc1cccc(C(=O)[O-])c1[O-].[Mg+2]. The van der Waals surface area contributed by atoms with E-state index in [-0.39, 0.29) is 45.7 Å². The Labute approximate surface area is 314 Å². The summed E-state index contributed by atoms with van der Waals surface area (Å²) in [6.07, 6.45) is 32.4. The van der Waals surface area contributed by atoms with Crippen molar-refractivity contribution in [3.63, 3.8) is 0 Å². The molecule has 49 heavy (non-hydrogen) atoms. The van der Waals surface area contributed by atoms with Crippen LogP contribution in [-0.4, -0.2) is 45.2 Å². The summed E-state index contributed by atoms with van der Waals surface area (Å²) in [6, 6.07) is 9.65. The summed E-state index contributed by atoms with van der Waals surface area (Å²) in [7, 11) is 0. The number of aromatic hydroxyl groups is 1. The molecule has 0 amide bonds. The number of unbranched alkanes of at least 4 members (excludes halogenated alkanes) is 22. The van der Waals surface area contributed by atoms with Crippen LogP contribution in [0, 0.1) is 0 Å². The van der Waals surface area contributed by atoms with Crippen molar-refractivity contribution in [2.75, 3.05) is 0 Å². The summed E-state index contributed by atoms with van der Waals surface area (Å²) in [5.74, 6) is -2.88. The molecule has 0 fully saturated rings. The third-order valence-electron chi connectivity index (χ3n) is 9.27. The van der Waals surface area contributed by atoms with E-state index in [0.717, 1.165) is 37.7 Å². The Morgan fingerprint density at radius 1 is 0.531 bits per heavy atom. The first-order chi connectivity index (χ1) is 23.3. The van der Waals surface area contributed by atoms with Gasteiger partial charge in [0.2, 0.25) is 0 Å². The summed E-state index contributed by atoms with van der Waals surface area (Å²) in [4.78, 5) is 21.8. The van der Waals surface area contributed by atoms with Crippen LogP contribution in [0.3, 0.4) is 0 Å². The van der Waals surface area contributed by atoms with Crippen LogP contribution in [0.2, 0.25) is 0 Å². The third kappa shape index (κ3) is 23.0. The van der Waals surface area contributed by atoms with Crippen molar-refractivity contribution in [2.24, 2.45) is 0 Å². The molecular formula is C42H66MgO6. The molecule has 0 aliphatic carbocycles. The molecule has 0 bridgehead atoms. The van der Waals surface area contributed by atoms with Gasteiger partial charge in [-0.25, -0.2) is 4.79 Å². The molecule has 2 aromatic rings. The molecule has 6 nitrogen and oxygen atoms in total. The molecular weight excluding hydrogens is 625 g/mol. The van der Waals surface area contributed by atoms with E-state index in [1.54, 1.807) is 18.2 Å². The van der Waals surface area contributed by atoms with Gasteiger partial charge >= 0.3 is 29.0 Å². The minimum atomic E-state index is -1.38. The number of carboxylic acids is 2. The maximum atomic E-state index is 11.9. The summed E-state index contributed by atoms with van der Waals surface area (Å²) in [6.45, 7) is 4.50. The number of hydrogen-bond acceptors (Lipinski definition) is 5. The third-order valence-corrected chi connectivity index (χ3v) is 9.27. The maximum absolute atomic E-state index is 11.9. The summed E-state index contributed by atoms with van der Waals surface area (Å²) in [5.41, 5.74) is 1.14. The molecule has 0 aromatic heterocycles. The van der Waals surface area contributed by atoms with E-state index in [4.69, 9.17) is 5.11 Å². The van der Waals surface area contributed by atoms with Crippen molar-refractivity contribution in [1.82, 2.24) is 0 Å². The predicted octanol–water partition coefficient (Wildman–Crippen LogP) is 10.3. The molecule has 7 heteroatoms. The number of carboxylic acid groups (broad SMARTS) is 2. The minimum absolute atomic E-state index is 0. The van der Waals surface area contributed by atoms with Crippen molar-refractivity contribution in [2.45, 2.75) is 181 Å². The van der Waals surface area contributed by atoms with Gasteiger partial charge in [0.25, 0.3) is 0 Å². The molecule has 0 atom stereocenters. The first-order valence-electron chi connectivity index (χ1n) is 19.4. The number of phenols is 1. The van der Waals surface area contributed by atoms with Crippen molar-refractivity contribution < 1.29 is 30.0 Å². The second-order valence-corrected chi connectivity index (χ2v) is 13.5. The fourth-order valence-corrected chi connectivity index (χ4v) is 6.22. The molecule has 2 aromatic carbocycles. The maximum Gasteiger partial charge on any atom is 2.00 e. The summed E-state index contributed by atoms with van der Waals surface area (Å²) < 4.78 is 0. The number of carbonyl (C=O) groups is 2. The van der Waals surface area contributed by atoms with Gasteiger partial charge < -0.3 is 25.2 Å². The first kappa shape index (κ1) is 46.7. The number of hydrogen-bond donors (Lipinski definition) is 2. The van der Waals surface area contributed by atoms with Gasteiger partial charge in [0.15, 0.2) is 0 Å². The Morgan fingerprint density at radius 3 is 1.22 bits per heavy atom. The molecule has 0 unspecified atom stereocenters. The molecule has 0 aliphatic rings. The van der Waals surface area contributed by atoms with E-state index >= 15 is 0 Å². The van der Waals surface area contributed by atoms with E-state index in [0.29, 0.717) is 12.0 Å². The van der Waals surface area contributed by atoms with E-state index in [1.807, 2.05) is 6.07 Å². The predicted molar refractivity (Wildman–Crippen MR) is 201 cm³/mol. The van der Waals surface area contributed by atoms with Gasteiger partial charge in [0.05, 0.1) is 5.97 Å². The van der Waals surface area contributed by atoms with Crippen LogP contribution in [0.25, 0.3) is 0 Å². The second kappa shape index (κ2) is 31.7. The largest absolute Gasteiger partial charge is 2.00 e. The van der Waals surface area contributed by atoms with Crippen molar-refractivity contribution in [3.05, 3.63) is 58.7 Å². The fraction of sp³-hybridized carbons (Fsp3) is 0.667. The van der Waals surface area contributed by atoms with E-state index in [9.17, 15) is 24.9 Å². The summed E-state index contributed by atoms with van der Waals surface area (Å²) >= 11 is 0. The number of aromatic carboxylic acids is 2. The van der Waals surface area contributed by atoms with Crippen molar-refractivity contribution in [3.8, 4) is 11.5 Å². The van der Waals surface area contributed by atoms with Gasteiger partial charge in [-0.2, -0.15) is 0 Å². The molecule has 2 N–H and O–H groups in total. The number of aryl methyl sites for hydroxylation is 2. The minimum Gasteiger partial charge on any atom is -0.872 e. The van der Waals surface area contributed by atoms with Gasteiger partial charge in [-0.1, -0.05) is 197 Å². The van der Waals surface area contributed by atoms with Crippen LogP contribution in [0.4, 0.5) is 0 Å². The van der Waals surface area contributed by atoms with Crippen LogP contribution in [0.15, 0.2) is 36.4 Å². The quantitative estimate of drug-likeness (QED) is 0.0677. The normalized spacial score (nSPS) is 10.7. The van der Waals surface area contributed by atoms with Crippen LogP contribution in [0.5, 0.6) is 11.5 Å². The molecule has 0 saturated carbocycles. The van der Waals surface area contributed by atoms with Crippen molar-refractivity contribution in [1.29, 1.82) is 0 Å². The van der Waals surface area contributed by atoms with E-state index in [2.05, 4.69) is 13.8 Å². The molecule has 0 heterocycles. The molecule has 2 rings (SSSR count). The molecule has 0 spiro atoms. The monoisotopic (exact) mass is 690 g/mol. The zero-order valence-electron chi connectivity index (χ0n) is 31.1.